The van der Waals surface area contributed by atoms with Crippen LogP contribution in [0.25, 0.3) is 10.4 Å². The summed E-state index contributed by atoms with van der Waals surface area (Å²) in [6.45, 7) is 7.52. The van der Waals surface area contributed by atoms with E-state index in [9.17, 15) is 9.32 Å². The van der Waals surface area contributed by atoms with E-state index in [0.717, 1.165) is 48.9 Å². The summed E-state index contributed by atoms with van der Waals surface area (Å²) in [7, 11) is 0.357. The van der Waals surface area contributed by atoms with Crippen molar-refractivity contribution in [1.29, 1.82) is 0 Å². The highest BCUT2D eigenvalue weighted by atomic mass is 32.2. The summed E-state index contributed by atoms with van der Waals surface area (Å²) >= 11 is 1.61. The van der Waals surface area contributed by atoms with Crippen molar-refractivity contribution in [3.63, 3.8) is 0 Å². The number of thiophene rings is 1. The highest BCUT2D eigenvalue weighted by Gasteiger charge is 2.14. The second-order valence-electron chi connectivity index (χ2n) is 8.62. The fourth-order valence-electron chi connectivity index (χ4n) is 3.67. The first-order valence-corrected chi connectivity index (χ1v) is 13.8. The van der Waals surface area contributed by atoms with Crippen molar-refractivity contribution >= 4 is 39.4 Å². The number of thiol groups is 1. The van der Waals surface area contributed by atoms with Gasteiger partial charge in [-0.3, -0.25) is 4.90 Å². The minimum Gasteiger partial charge on any atom is -0.394 e. The Kier molecular flexibility index (Phi) is 9.05. The molecule has 0 saturated carbocycles. The van der Waals surface area contributed by atoms with E-state index in [4.69, 9.17) is 0 Å². The third kappa shape index (κ3) is 7.21. The molecular weight excluding hydrogens is 482 g/mol. The molecule has 1 fully saturated rings. The number of aliphatic hydroxyl groups excluding tert-OH is 1. The lowest BCUT2D eigenvalue weighted by Gasteiger charge is -2.31. The highest BCUT2D eigenvalue weighted by molar-refractivity contribution is 7.75. The number of aromatic nitrogens is 2. The number of benzene rings is 1. The van der Waals surface area contributed by atoms with Crippen LogP contribution in [0.5, 0.6) is 0 Å². The van der Waals surface area contributed by atoms with Gasteiger partial charge in [-0.05, 0) is 49.7 Å². The summed E-state index contributed by atoms with van der Waals surface area (Å²) in [5, 5.41) is 17.9. The molecule has 1 aliphatic rings. The molecule has 0 spiro atoms. The molecule has 3 N–H and O–H groups in total. The van der Waals surface area contributed by atoms with Gasteiger partial charge in [0, 0.05) is 60.4 Å². The summed E-state index contributed by atoms with van der Waals surface area (Å²) in [4.78, 5) is 15.5. The van der Waals surface area contributed by atoms with E-state index in [-0.39, 0.29) is 12.6 Å². The Balaban J connectivity index is 1.39. The first-order valence-electron chi connectivity index (χ1n) is 11.7. The molecule has 3 aromatic rings. The van der Waals surface area contributed by atoms with Crippen LogP contribution in [0.3, 0.4) is 0 Å². The van der Waals surface area contributed by atoms with E-state index in [2.05, 4.69) is 41.8 Å². The third-order valence-electron chi connectivity index (χ3n) is 5.82. The van der Waals surface area contributed by atoms with Gasteiger partial charge < -0.3 is 20.6 Å². The molecule has 35 heavy (non-hydrogen) atoms. The maximum Gasteiger partial charge on any atom is 0.229 e. The molecule has 4 rings (SSSR count). The van der Waals surface area contributed by atoms with Crippen molar-refractivity contribution in [2.24, 2.45) is 4.36 Å². The molecular formula is C24H33N7O2S2. The smallest absolute Gasteiger partial charge is 0.229 e. The SMILES string of the molecule is C[C@H](CO)Nc1nc(Nc2ccc(/[SH](=O)=N/CCN3CCN(C)CC3)cc2)ncc1-c1cccs1. The van der Waals surface area contributed by atoms with E-state index in [0.29, 0.717) is 23.2 Å². The van der Waals surface area contributed by atoms with Gasteiger partial charge in [0.15, 0.2) is 0 Å². The Labute approximate surface area is 212 Å². The topological polar surface area (TPSA) is 106 Å². The predicted molar refractivity (Wildman–Crippen MR) is 144 cm³/mol. The lowest BCUT2D eigenvalue weighted by molar-refractivity contribution is 0.158. The largest absolute Gasteiger partial charge is 0.394 e. The minimum atomic E-state index is -1.78. The summed E-state index contributed by atoms with van der Waals surface area (Å²) in [5.41, 5.74) is 1.68. The second kappa shape index (κ2) is 12.4. The molecule has 2 atom stereocenters. The summed E-state index contributed by atoms with van der Waals surface area (Å²) in [6, 6.07) is 11.2. The standard InChI is InChI=1S/C24H33N7O2S2/c1-18(17-32)27-23-21(22-4-3-15-34-22)16-25-24(29-23)28-19-5-7-20(8-6-19)35(33)26-9-10-31-13-11-30(2)12-14-31/h3-8,15-16,18,32,35H,9-14,17H2,1-2H3,(H2,25,27,28,29)/t18-/m1/s1. The van der Waals surface area contributed by atoms with Gasteiger partial charge >= 0.3 is 0 Å². The monoisotopic (exact) mass is 515 g/mol. The summed E-state index contributed by atoms with van der Waals surface area (Å²) in [6.07, 6.45) is 1.78. The first-order chi connectivity index (χ1) is 17.0. The third-order valence-corrected chi connectivity index (χ3v) is 7.92. The van der Waals surface area contributed by atoms with Crippen LogP contribution >= 0.6 is 11.3 Å². The molecule has 2 aromatic heterocycles. The number of likely N-dealkylation sites (N-methyl/N-ethyl adjacent to an activating group) is 1. The number of hydrogen-bond acceptors (Lipinski definition) is 10. The molecule has 0 radical (unpaired) electrons. The van der Waals surface area contributed by atoms with E-state index in [1.165, 1.54) is 0 Å². The molecule has 1 saturated heterocycles. The van der Waals surface area contributed by atoms with Crippen molar-refractivity contribution in [3.05, 3.63) is 48.0 Å². The molecule has 0 amide bonds. The van der Waals surface area contributed by atoms with E-state index >= 15 is 0 Å². The van der Waals surface area contributed by atoms with E-state index in [1.807, 2.05) is 48.7 Å². The molecule has 9 nitrogen and oxygen atoms in total. The lowest BCUT2D eigenvalue weighted by Crippen LogP contribution is -2.45. The van der Waals surface area contributed by atoms with Crippen LogP contribution < -0.4 is 10.6 Å². The quantitative estimate of drug-likeness (QED) is 0.306. The van der Waals surface area contributed by atoms with Gasteiger partial charge in [-0.1, -0.05) is 6.07 Å². The average Bonchev–Trinajstić information content (AvgIpc) is 3.40. The number of aliphatic hydroxyl groups is 1. The van der Waals surface area contributed by atoms with Crippen molar-refractivity contribution in [2.45, 2.75) is 17.9 Å². The van der Waals surface area contributed by atoms with Crippen molar-refractivity contribution in [1.82, 2.24) is 19.8 Å². The molecule has 1 aromatic carbocycles. The van der Waals surface area contributed by atoms with Crippen molar-refractivity contribution < 1.29 is 9.32 Å². The number of hydrogen-bond donors (Lipinski definition) is 4. The maximum absolute atomic E-state index is 12.6. The van der Waals surface area contributed by atoms with Gasteiger partial charge in [-0.25, -0.2) is 13.6 Å². The van der Waals surface area contributed by atoms with Gasteiger partial charge in [-0.2, -0.15) is 4.98 Å². The Bertz CT molecular complexity index is 1160. The van der Waals surface area contributed by atoms with Crippen LogP contribution in [0.1, 0.15) is 6.92 Å². The van der Waals surface area contributed by atoms with Gasteiger partial charge in [0.2, 0.25) is 5.95 Å². The van der Waals surface area contributed by atoms with Crippen molar-refractivity contribution in [3.8, 4) is 10.4 Å². The lowest BCUT2D eigenvalue weighted by atomic mass is 10.2. The zero-order valence-corrected chi connectivity index (χ0v) is 21.8. The van der Waals surface area contributed by atoms with Crippen LogP contribution in [0, 0.1) is 0 Å². The Morgan fingerprint density at radius 2 is 1.97 bits per heavy atom. The number of nitrogens with zero attached hydrogens (tertiary/aromatic N) is 5. The van der Waals surface area contributed by atoms with E-state index in [1.54, 1.807) is 17.5 Å². The van der Waals surface area contributed by atoms with E-state index < -0.39 is 10.6 Å². The molecule has 3 heterocycles. The molecule has 1 unspecified atom stereocenters. The highest BCUT2D eigenvalue weighted by Crippen LogP contribution is 2.31. The van der Waals surface area contributed by atoms with Crippen LogP contribution in [-0.4, -0.2) is 88.0 Å². The van der Waals surface area contributed by atoms with Gasteiger partial charge in [0.25, 0.3) is 0 Å². The Morgan fingerprint density at radius 3 is 2.66 bits per heavy atom. The Hall–Kier alpha value is -2.57. The van der Waals surface area contributed by atoms with Crippen LogP contribution in [0.2, 0.25) is 0 Å². The number of piperazine rings is 1. The fourth-order valence-corrected chi connectivity index (χ4v) is 5.25. The van der Waals surface area contributed by atoms with Gasteiger partial charge in [-0.15, -0.1) is 11.3 Å². The van der Waals surface area contributed by atoms with Crippen LogP contribution in [0.4, 0.5) is 17.5 Å². The molecule has 11 heteroatoms. The maximum atomic E-state index is 12.6. The Morgan fingerprint density at radius 1 is 1.20 bits per heavy atom. The molecule has 188 valence electrons. The average molecular weight is 516 g/mol. The van der Waals surface area contributed by atoms with Crippen molar-refractivity contribution in [2.75, 3.05) is 63.6 Å². The molecule has 0 aliphatic carbocycles. The summed E-state index contributed by atoms with van der Waals surface area (Å²) in [5.74, 6) is 1.09. The molecule has 0 bridgehead atoms. The zero-order valence-electron chi connectivity index (χ0n) is 20.1. The second-order valence-corrected chi connectivity index (χ2v) is 10.9. The fraction of sp³-hybridized carbons (Fsp3) is 0.417. The first kappa shape index (κ1) is 25.5. The predicted octanol–water partition coefficient (Wildman–Crippen LogP) is 3.01. The summed E-state index contributed by atoms with van der Waals surface area (Å²) < 4.78 is 17.0. The minimum absolute atomic E-state index is 0.00326. The molecule has 1 aliphatic heterocycles. The van der Waals surface area contributed by atoms with Crippen LogP contribution in [0.15, 0.2) is 57.2 Å². The van der Waals surface area contributed by atoms with Gasteiger partial charge in [0.05, 0.1) is 29.3 Å². The van der Waals surface area contributed by atoms with Gasteiger partial charge in [0.1, 0.15) is 5.82 Å². The number of nitrogens with one attached hydrogen (secondary N) is 2. The zero-order chi connectivity index (χ0) is 24.6. The van der Waals surface area contributed by atoms with Crippen LogP contribution in [-0.2, 0) is 10.6 Å². The normalized spacial score (nSPS) is 16.8. The number of anilines is 3. The number of rotatable bonds is 10.